The van der Waals surface area contributed by atoms with E-state index in [1.54, 1.807) is 24.3 Å². The summed E-state index contributed by atoms with van der Waals surface area (Å²) in [6.07, 6.45) is 0. The zero-order valence-electron chi connectivity index (χ0n) is 15.3. The molecule has 0 aliphatic carbocycles. The van der Waals surface area contributed by atoms with Gasteiger partial charge < -0.3 is 10.8 Å². The highest BCUT2D eigenvalue weighted by molar-refractivity contribution is 7.80. The van der Waals surface area contributed by atoms with E-state index in [4.69, 9.17) is 18.0 Å². The molecule has 0 unspecified atom stereocenters. The Bertz CT molecular complexity index is 1170. The van der Waals surface area contributed by atoms with Crippen molar-refractivity contribution in [3.63, 3.8) is 0 Å². The summed E-state index contributed by atoms with van der Waals surface area (Å²) in [5.41, 5.74) is 10.2. The summed E-state index contributed by atoms with van der Waals surface area (Å²) in [5.74, 6) is 0.167. The fourth-order valence-corrected chi connectivity index (χ4v) is 3.07. The molecule has 0 saturated carbocycles. The van der Waals surface area contributed by atoms with Crippen LogP contribution < -0.4 is 5.73 Å². The number of nitrogens with two attached hydrogens (primary N) is 1. The molecule has 29 heavy (non-hydrogen) atoms. The molecule has 0 aliphatic rings. The molecular formula is C22H17N5OS. The first-order chi connectivity index (χ1) is 14.1. The van der Waals surface area contributed by atoms with E-state index in [0.29, 0.717) is 22.8 Å². The number of rotatable bonds is 4. The number of hydrogen-bond acceptors (Lipinski definition) is 5. The van der Waals surface area contributed by atoms with Gasteiger partial charge in [0.25, 0.3) is 0 Å². The molecule has 1 heterocycles. The van der Waals surface area contributed by atoms with Crippen molar-refractivity contribution in [1.29, 1.82) is 0 Å². The van der Waals surface area contributed by atoms with Gasteiger partial charge in [-0.15, -0.1) is 5.11 Å². The van der Waals surface area contributed by atoms with Crippen LogP contribution in [0.25, 0.3) is 22.5 Å². The first-order valence-corrected chi connectivity index (χ1v) is 9.29. The average molecular weight is 399 g/mol. The maximum atomic E-state index is 9.48. The average Bonchev–Trinajstić information content (AvgIpc) is 3.14. The molecule has 0 atom stereocenters. The van der Waals surface area contributed by atoms with Gasteiger partial charge in [-0.1, -0.05) is 60.7 Å². The predicted molar refractivity (Wildman–Crippen MR) is 118 cm³/mol. The van der Waals surface area contributed by atoms with Crippen LogP contribution >= 0.6 is 12.2 Å². The summed E-state index contributed by atoms with van der Waals surface area (Å²) in [5, 5.41) is 23.1. The summed E-state index contributed by atoms with van der Waals surface area (Å²) < 4.78 is 1.51. The lowest BCUT2D eigenvalue weighted by molar-refractivity contribution is 0.475. The lowest BCUT2D eigenvalue weighted by Crippen LogP contribution is -2.21. The minimum atomic E-state index is 0.118. The molecule has 0 radical (unpaired) electrons. The zero-order valence-corrected chi connectivity index (χ0v) is 16.1. The van der Waals surface area contributed by atoms with E-state index >= 15 is 0 Å². The van der Waals surface area contributed by atoms with Crippen LogP contribution in [0.15, 0.2) is 95.2 Å². The van der Waals surface area contributed by atoms with Gasteiger partial charge in [0, 0.05) is 11.1 Å². The molecule has 0 amide bonds. The topological polar surface area (TPSA) is 88.8 Å². The van der Waals surface area contributed by atoms with E-state index in [1.165, 1.54) is 4.68 Å². The van der Waals surface area contributed by atoms with E-state index in [1.807, 2.05) is 60.7 Å². The zero-order chi connectivity index (χ0) is 20.2. The first-order valence-electron chi connectivity index (χ1n) is 8.88. The van der Waals surface area contributed by atoms with E-state index in [2.05, 4.69) is 15.3 Å². The maximum absolute atomic E-state index is 9.48. The van der Waals surface area contributed by atoms with Gasteiger partial charge in [0.15, 0.2) is 5.11 Å². The molecule has 4 aromatic rings. The minimum absolute atomic E-state index is 0.118. The SMILES string of the molecule is NC(=S)n1nc(-c2ccccc2)c(N=Nc2ccc(O)cc2)c1-c1ccccc1. The van der Waals surface area contributed by atoms with Crippen LogP contribution in [-0.2, 0) is 0 Å². The first kappa shape index (κ1) is 18.5. The number of hydrogen-bond donors (Lipinski definition) is 2. The number of aromatic hydroxyl groups is 1. The number of azo groups is 1. The molecule has 0 bridgehead atoms. The van der Waals surface area contributed by atoms with Crippen molar-refractivity contribution in [2.24, 2.45) is 16.0 Å². The van der Waals surface area contributed by atoms with Gasteiger partial charge >= 0.3 is 0 Å². The second-order valence-corrected chi connectivity index (χ2v) is 6.66. The quantitative estimate of drug-likeness (QED) is 0.354. The fourth-order valence-electron chi connectivity index (χ4n) is 2.94. The summed E-state index contributed by atoms with van der Waals surface area (Å²) in [6.45, 7) is 0. The lowest BCUT2D eigenvalue weighted by Gasteiger charge is -2.05. The molecule has 0 spiro atoms. The number of thiocarbonyl (C=S) groups is 1. The molecule has 1 aromatic heterocycles. The highest BCUT2D eigenvalue weighted by Gasteiger charge is 2.22. The lowest BCUT2D eigenvalue weighted by atomic mass is 10.1. The molecule has 4 rings (SSSR count). The van der Waals surface area contributed by atoms with E-state index in [0.717, 1.165) is 11.1 Å². The van der Waals surface area contributed by atoms with Crippen LogP contribution in [0.1, 0.15) is 0 Å². The molecular weight excluding hydrogens is 382 g/mol. The van der Waals surface area contributed by atoms with Crippen LogP contribution in [0.2, 0.25) is 0 Å². The Morgan fingerprint density at radius 1 is 0.828 bits per heavy atom. The number of phenolic OH excluding ortho intramolecular Hbond substituents is 1. The Morgan fingerprint density at radius 2 is 1.41 bits per heavy atom. The van der Waals surface area contributed by atoms with Crippen LogP contribution in [0.5, 0.6) is 5.75 Å². The van der Waals surface area contributed by atoms with Crippen LogP contribution in [0, 0.1) is 0 Å². The van der Waals surface area contributed by atoms with Crippen molar-refractivity contribution in [2.75, 3.05) is 0 Å². The largest absolute Gasteiger partial charge is 0.508 e. The minimum Gasteiger partial charge on any atom is -0.508 e. The van der Waals surface area contributed by atoms with Crippen LogP contribution in [-0.4, -0.2) is 20.0 Å². The van der Waals surface area contributed by atoms with Gasteiger partial charge in [-0.05, 0) is 36.5 Å². The van der Waals surface area contributed by atoms with Gasteiger partial charge in [0.05, 0.1) is 5.69 Å². The van der Waals surface area contributed by atoms with Gasteiger partial charge in [0.2, 0.25) is 0 Å². The fraction of sp³-hybridized carbons (Fsp3) is 0. The van der Waals surface area contributed by atoms with Crippen LogP contribution in [0.4, 0.5) is 11.4 Å². The third kappa shape index (κ3) is 3.90. The molecule has 142 valence electrons. The van der Waals surface area contributed by atoms with Crippen molar-refractivity contribution < 1.29 is 5.11 Å². The Kier molecular flexibility index (Phi) is 5.13. The Labute approximate surface area is 173 Å². The van der Waals surface area contributed by atoms with Crippen molar-refractivity contribution >= 4 is 28.7 Å². The summed E-state index contributed by atoms with van der Waals surface area (Å²) >= 11 is 5.24. The van der Waals surface area contributed by atoms with Crippen molar-refractivity contribution in [1.82, 2.24) is 9.78 Å². The van der Waals surface area contributed by atoms with E-state index in [-0.39, 0.29) is 10.9 Å². The number of phenols is 1. The number of benzene rings is 3. The third-order valence-electron chi connectivity index (χ3n) is 4.28. The standard InChI is InChI=1S/C22H17N5OS/c23-22(29)27-21(16-9-5-2-6-10-16)20(19(26-27)15-7-3-1-4-8-15)25-24-17-11-13-18(28)14-12-17/h1-14,28H,(H2,23,29). The summed E-state index contributed by atoms with van der Waals surface area (Å²) in [4.78, 5) is 0. The van der Waals surface area contributed by atoms with Gasteiger partial charge in [-0.25, -0.2) is 4.68 Å². The molecule has 0 saturated heterocycles. The second kappa shape index (κ2) is 8.04. The summed E-state index contributed by atoms with van der Waals surface area (Å²) in [6, 6.07) is 25.8. The number of nitrogens with zero attached hydrogens (tertiary/aromatic N) is 4. The van der Waals surface area contributed by atoms with Crippen molar-refractivity contribution in [3.8, 4) is 28.3 Å². The van der Waals surface area contributed by atoms with Gasteiger partial charge in [0.1, 0.15) is 22.8 Å². The monoisotopic (exact) mass is 399 g/mol. The van der Waals surface area contributed by atoms with Crippen molar-refractivity contribution in [2.45, 2.75) is 0 Å². The molecule has 3 N–H and O–H groups in total. The molecule has 6 nitrogen and oxygen atoms in total. The highest BCUT2D eigenvalue weighted by Crippen LogP contribution is 2.39. The number of aromatic nitrogens is 2. The highest BCUT2D eigenvalue weighted by atomic mass is 32.1. The smallest absolute Gasteiger partial charge is 0.191 e. The normalized spacial score (nSPS) is 11.0. The maximum Gasteiger partial charge on any atom is 0.191 e. The van der Waals surface area contributed by atoms with Crippen molar-refractivity contribution in [3.05, 3.63) is 84.9 Å². The Hall–Kier alpha value is -3.84. The van der Waals surface area contributed by atoms with Gasteiger partial charge in [-0.2, -0.15) is 10.2 Å². The molecule has 0 fully saturated rings. The Balaban J connectivity index is 1.94. The predicted octanol–water partition coefficient (Wildman–Crippen LogP) is 5.43. The van der Waals surface area contributed by atoms with E-state index < -0.39 is 0 Å². The Morgan fingerprint density at radius 3 is 2.00 bits per heavy atom. The second-order valence-electron chi connectivity index (χ2n) is 6.24. The van der Waals surface area contributed by atoms with Crippen LogP contribution in [0.3, 0.4) is 0 Å². The van der Waals surface area contributed by atoms with E-state index in [9.17, 15) is 5.11 Å². The van der Waals surface area contributed by atoms with Gasteiger partial charge in [-0.3, -0.25) is 0 Å². The molecule has 7 heteroatoms. The summed E-state index contributed by atoms with van der Waals surface area (Å²) in [7, 11) is 0. The molecule has 3 aromatic carbocycles. The molecule has 0 aliphatic heterocycles. The third-order valence-corrected chi connectivity index (χ3v) is 4.45.